The fraction of sp³-hybridized carbons (Fsp3) is 0.696. The third kappa shape index (κ3) is 5.01. The van der Waals surface area contributed by atoms with E-state index in [9.17, 15) is 29.4 Å². The number of aliphatic hydroxyl groups is 1. The Balaban J connectivity index is 1.35. The van der Waals surface area contributed by atoms with E-state index in [1.807, 2.05) is 6.92 Å². The SMILES string of the molecule is CC(O)C1C(=O)N2C(C(=O)O)=C(SC3CNC(C(=O)N4CCC(N(C)C(=O)CN=C(N)N)C4)C3)C(C)[C@H]12. The fourth-order valence-corrected chi connectivity index (χ4v) is 7.27. The van der Waals surface area contributed by atoms with Crippen LogP contribution in [0.4, 0.5) is 0 Å². The van der Waals surface area contributed by atoms with E-state index in [0.717, 1.165) is 0 Å². The number of thioether (sulfide) groups is 1. The van der Waals surface area contributed by atoms with Crippen molar-refractivity contribution < 1.29 is 29.4 Å². The standard InChI is InChI=1S/C23H35N7O6S/c1-10-17-16(11(2)31)21(34)30(17)18(22(35)36)19(10)37-13-6-14(26-7-13)20(33)29-5-4-12(9-29)28(3)15(32)8-27-23(24)25/h10-14,16-17,26,31H,4-9H2,1-3H3,(H,35,36)(H4,24,25,27)/t10?,11?,12?,13?,14?,16?,17-/m1/s1. The number of nitrogens with two attached hydrogens (primary N) is 2. The van der Waals surface area contributed by atoms with Gasteiger partial charge >= 0.3 is 5.97 Å². The first kappa shape index (κ1) is 27.2. The largest absolute Gasteiger partial charge is 0.477 e. The number of hydrogen-bond donors (Lipinski definition) is 5. The monoisotopic (exact) mass is 537 g/mol. The summed E-state index contributed by atoms with van der Waals surface area (Å²) in [5.41, 5.74) is 10.6. The van der Waals surface area contributed by atoms with Gasteiger partial charge in [-0.2, -0.15) is 0 Å². The van der Waals surface area contributed by atoms with Crippen molar-refractivity contribution in [1.82, 2.24) is 20.0 Å². The van der Waals surface area contributed by atoms with Gasteiger partial charge in [-0.1, -0.05) is 6.92 Å². The molecule has 7 N–H and O–H groups in total. The minimum absolute atomic E-state index is 0.00464. The zero-order valence-corrected chi connectivity index (χ0v) is 22.0. The van der Waals surface area contributed by atoms with Crippen LogP contribution in [0.2, 0.25) is 0 Å². The van der Waals surface area contributed by atoms with E-state index in [-0.39, 0.29) is 59.2 Å². The van der Waals surface area contributed by atoms with E-state index >= 15 is 0 Å². The first-order valence-electron chi connectivity index (χ1n) is 12.4. The van der Waals surface area contributed by atoms with Crippen molar-refractivity contribution in [2.24, 2.45) is 28.3 Å². The highest BCUT2D eigenvalue weighted by atomic mass is 32.2. The number of carbonyl (C=O) groups is 4. The number of carboxylic acid groups (broad SMARTS) is 1. The van der Waals surface area contributed by atoms with E-state index in [4.69, 9.17) is 11.5 Å². The molecule has 204 valence electrons. The number of amides is 3. The highest BCUT2D eigenvalue weighted by molar-refractivity contribution is 8.03. The molecule has 37 heavy (non-hydrogen) atoms. The van der Waals surface area contributed by atoms with Gasteiger partial charge in [-0.3, -0.25) is 14.4 Å². The molecule has 0 aromatic carbocycles. The average Bonchev–Trinajstić information content (AvgIpc) is 3.55. The average molecular weight is 538 g/mol. The van der Waals surface area contributed by atoms with Crippen molar-refractivity contribution in [2.75, 3.05) is 33.2 Å². The maximum absolute atomic E-state index is 13.2. The molecule has 4 aliphatic heterocycles. The van der Waals surface area contributed by atoms with Crippen molar-refractivity contribution in [2.45, 2.75) is 56.2 Å². The predicted molar refractivity (Wildman–Crippen MR) is 136 cm³/mol. The summed E-state index contributed by atoms with van der Waals surface area (Å²) in [6.45, 7) is 4.78. The van der Waals surface area contributed by atoms with Gasteiger partial charge in [-0.05, 0) is 19.8 Å². The van der Waals surface area contributed by atoms with Crippen LogP contribution < -0.4 is 16.8 Å². The van der Waals surface area contributed by atoms with Crippen LogP contribution in [0.1, 0.15) is 26.7 Å². The summed E-state index contributed by atoms with van der Waals surface area (Å²) in [5.74, 6) is -2.76. The molecule has 4 rings (SSSR count). The number of carbonyl (C=O) groups excluding carboxylic acids is 3. The number of likely N-dealkylation sites (N-methyl/N-ethyl adjacent to an activating group) is 1. The van der Waals surface area contributed by atoms with Gasteiger partial charge in [-0.25, -0.2) is 9.79 Å². The molecule has 3 amide bonds. The summed E-state index contributed by atoms with van der Waals surface area (Å²) in [5, 5.41) is 23.1. The Morgan fingerprint density at radius 2 is 2.03 bits per heavy atom. The van der Waals surface area contributed by atoms with E-state index in [0.29, 0.717) is 37.4 Å². The molecule has 4 heterocycles. The molecule has 13 nitrogen and oxygen atoms in total. The van der Waals surface area contributed by atoms with Crippen molar-refractivity contribution in [3.8, 4) is 0 Å². The smallest absolute Gasteiger partial charge is 0.353 e. The number of guanidine groups is 1. The molecule has 6 unspecified atom stereocenters. The molecule has 0 bridgehead atoms. The second-order valence-corrected chi connectivity index (χ2v) is 11.5. The third-order valence-corrected chi connectivity index (χ3v) is 9.32. The maximum Gasteiger partial charge on any atom is 0.353 e. The van der Waals surface area contributed by atoms with Gasteiger partial charge in [0.1, 0.15) is 12.2 Å². The van der Waals surface area contributed by atoms with Crippen LogP contribution in [-0.2, 0) is 19.2 Å². The number of fused-ring (bicyclic) bond motifs is 1. The van der Waals surface area contributed by atoms with Crippen LogP contribution in [0.5, 0.6) is 0 Å². The molecule has 0 spiro atoms. The minimum atomic E-state index is -1.16. The van der Waals surface area contributed by atoms with Gasteiger partial charge < -0.3 is 41.7 Å². The number of aliphatic carboxylic acids is 1. The predicted octanol–water partition coefficient (Wildman–Crippen LogP) is -2.06. The second kappa shape index (κ2) is 10.5. The summed E-state index contributed by atoms with van der Waals surface area (Å²) in [6, 6.07) is -0.891. The first-order valence-corrected chi connectivity index (χ1v) is 13.3. The van der Waals surface area contributed by atoms with Crippen LogP contribution in [0.25, 0.3) is 0 Å². The van der Waals surface area contributed by atoms with Crippen LogP contribution in [0, 0.1) is 11.8 Å². The van der Waals surface area contributed by atoms with Crippen molar-refractivity contribution in [3.63, 3.8) is 0 Å². The fourth-order valence-electron chi connectivity index (χ4n) is 5.79. The molecule has 4 aliphatic rings. The lowest BCUT2D eigenvalue weighted by molar-refractivity contribution is -0.163. The van der Waals surface area contributed by atoms with Gasteiger partial charge in [-0.15, -0.1) is 11.8 Å². The molecular formula is C23H35N7O6S. The molecular weight excluding hydrogens is 502 g/mol. The molecule has 3 fully saturated rings. The number of aliphatic imine (C=N–C) groups is 1. The summed E-state index contributed by atoms with van der Waals surface area (Å²) in [6.07, 6.45) is 0.324. The number of aliphatic hydroxyl groups excluding tert-OH is 1. The van der Waals surface area contributed by atoms with E-state index in [1.165, 1.54) is 16.7 Å². The Labute approximate surface area is 219 Å². The van der Waals surface area contributed by atoms with Crippen LogP contribution in [0.15, 0.2) is 15.6 Å². The lowest BCUT2D eigenvalue weighted by Gasteiger charge is -2.46. The Hall–Kier alpha value is -2.84. The second-order valence-electron chi connectivity index (χ2n) is 10.2. The number of nitrogens with one attached hydrogen (secondary N) is 1. The summed E-state index contributed by atoms with van der Waals surface area (Å²) < 4.78 is 0. The lowest BCUT2D eigenvalue weighted by Crippen LogP contribution is -2.63. The molecule has 7 atom stereocenters. The van der Waals surface area contributed by atoms with Crippen LogP contribution in [-0.4, -0.2) is 117 Å². The minimum Gasteiger partial charge on any atom is -0.477 e. The third-order valence-electron chi connectivity index (χ3n) is 7.81. The van der Waals surface area contributed by atoms with E-state index in [2.05, 4.69) is 10.3 Å². The quantitative estimate of drug-likeness (QED) is 0.130. The van der Waals surface area contributed by atoms with Gasteiger partial charge in [0.15, 0.2) is 5.96 Å². The first-order chi connectivity index (χ1) is 17.4. The van der Waals surface area contributed by atoms with Crippen molar-refractivity contribution in [1.29, 1.82) is 0 Å². The number of β-lactam (4-membered cyclic amide) rings is 1. The number of likely N-dealkylation sites (tertiary alicyclic amines) is 1. The summed E-state index contributed by atoms with van der Waals surface area (Å²) >= 11 is 1.41. The molecule has 3 saturated heterocycles. The summed E-state index contributed by atoms with van der Waals surface area (Å²) in [4.78, 5) is 59.1. The van der Waals surface area contributed by atoms with Crippen molar-refractivity contribution in [3.05, 3.63) is 10.6 Å². The number of nitrogens with zero attached hydrogens (tertiary/aromatic N) is 4. The molecule has 0 aliphatic carbocycles. The highest BCUT2D eigenvalue weighted by Gasteiger charge is 2.60. The molecule has 0 aromatic rings. The molecule has 14 heteroatoms. The highest BCUT2D eigenvalue weighted by Crippen LogP contribution is 2.51. The Kier molecular flexibility index (Phi) is 7.72. The van der Waals surface area contributed by atoms with Gasteiger partial charge in [0.2, 0.25) is 17.7 Å². The zero-order chi connectivity index (χ0) is 27.2. The van der Waals surface area contributed by atoms with Crippen molar-refractivity contribution >= 4 is 41.4 Å². The topological polar surface area (TPSA) is 195 Å². The Morgan fingerprint density at radius 3 is 2.65 bits per heavy atom. The number of carboxylic acids is 1. The van der Waals surface area contributed by atoms with Gasteiger partial charge in [0.25, 0.3) is 0 Å². The van der Waals surface area contributed by atoms with E-state index < -0.39 is 24.0 Å². The van der Waals surface area contributed by atoms with Crippen LogP contribution >= 0.6 is 11.8 Å². The van der Waals surface area contributed by atoms with Gasteiger partial charge in [0.05, 0.1) is 30.1 Å². The maximum atomic E-state index is 13.2. The van der Waals surface area contributed by atoms with E-state index in [1.54, 1.807) is 23.8 Å². The van der Waals surface area contributed by atoms with Crippen LogP contribution in [0.3, 0.4) is 0 Å². The Bertz CT molecular complexity index is 1040. The molecule has 0 radical (unpaired) electrons. The normalized spacial score (nSPS) is 31.7. The van der Waals surface area contributed by atoms with Gasteiger partial charge in [0, 0.05) is 42.8 Å². The number of rotatable bonds is 8. The Morgan fingerprint density at radius 1 is 1.32 bits per heavy atom. The zero-order valence-electron chi connectivity index (χ0n) is 21.2. The lowest BCUT2D eigenvalue weighted by atomic mass is 9.79. The number of hydrogen-bond acceptors (Lipinski definition) is 8. The molecule has 0 saturated carbocycles. The molecule has 0 aromatic heterocycles. The summed E-state index contributed by atoms with van der Waals surface area (Å²) in [7, 11) is 1.68.